The van der Waals surface area contributed by atoms with Gasteiger partial charge in [-0.2, -0.15) is 0 Å². The fraction of sp³-hybridized carbons (Fsp3) is 0.333. The van der Waals surface area contributed by atoms with Gasteiger partial charge in [-0.25, -0.2) is 0 Å². The van der Waals surface area contributed by atoms with Crippen molar-refractivity contribution in [2.75, 3.05) is 23.3 Å². The maximum Gasteiger partial charge on any atom is 0.0526 e. The van der Waals surface area contributed by atoms with Gasteiger partial charge in [-0.15, -0.1) is 0 Å². The first-order valence-electron chi connectivity index (χ1n) is 12.4. The minimum absolute atomic E-state index is 1.05. The molecule has 2 nitrogen and oxygen atoms in total. The Morgan fingerprint density at radius 2 is 1.55 bits per heavy atom. The lowest BCUT2D eigenvalue weighted by Gasteiger charge is -2.24. The molecule has 0 fully saturated rings. The summed E-state index contributed by atoms with van der Waals surface area (Å²) in [7, 11) is 0. The minimum Gasteiger partial charge on any atom is -0.372 e. The highest BCUT2D eigenvalue weighted by molar-refractivity contribution is 7.99. The number of benzene rings is 3. The zero-order chi connectivity index (χ0) is 22.9. The molecular formula is C30H36N2S. The molecule has 1 aliphatic rings. The maximum absolute atomic E-state index is 3.55. The molecule has 172 valence electrons. The Balaban J connectivity index is 1.31. The predicted molar refractivity (Wildman–Crippen MR) is 146 cm³/mol. The van der Waals surface area contributed by atoms with Crippen molar-refractivity contribution in [2.45, 2.75) is 62.2 Å². The van der Waals surface area contributed by atoms with E-state index in [4.69, 9.17) is 0 Å². The largest absolute Gasteiger partial charge is 0.372 e. The average Bonchev–Trinajstić information content (AvgIpc) is 2.86. The van der Waals surface area contributed by atoms with Gasteiger partial charge in [0.1, 0.15) is 0 Å². The molecule has 0 unspecified atom stereocenters. The van der Waals surface area contributed by atoms with Crippen LogP contribution in [0.15, 0.2) is 82.6 Å². The lowest BCUT2D eigenvalue weighted by Crippen LogP contribution is -2.25. The molecule has 0 saturated carbocycles. The van der Waals surface area contributed by atoms with E-state index in [-0.39, 0.29) is 0 Å². The number of anilines is 3. The van der Waals surface area contributed by atoms with Gasteiger partial charge in [0, 0.05) is 28.6 Å². The van der Waals surface area contributed by atoms with Crippen molar-refractivity contribution in [1.29, 1.82) is 0 Å². The smallest absolute Gasteiger partial charge is 0.0526 e. The summed E-state index contributed by atoms with van der Waals surface area (Å²) in [5.74, 6) is 0. The number of para-hydroxylation sites is 1. The molecule has 0 bridgehead atoms. The van der Waals surface area contributed by atoms with Crippen molar-refractivity contribution in [1.82, 2.24) is 0 Å². The topological polar surface area (TPSA) is 15.3 Å². The van der Waals surface area contributed by atoms with E-state index in [1.807, 2.05) is 11.8 Å². The molecular weight excluding hydrogens is 420 g/mol. The third-order valence-electron chi connectivity index (χ3n) is 6.15. The first-order chi connectivity index (χ1) is 16.3. The first kappa shape index (κ1) is 23.5. The van der Waals surface area contributed by atoms with E-state index in [9.17, 15) is 0 Å². The molecule has 1 N–H and O–H groups in total. The highest BCUT2D eigenvalue weighted by Gasteiger charge is 2.15. The third-order valence-corrected chi connectivity index (χ3v) is 7.29. The Morgan fingerprint density at radius 3 is 2.30 bits per heavy atom. The first-order valence-corrected chi connectivity index (χ1v) is 13.3. The van der Waals surface area contributed by atoms with Crippen molar-refractivity contribution in [2.24, 2.45) is 0 Å². The highest BCUT2D eigenvalue weighted by atomic mass is 32.2. The Morgan fingerprint density at radius 1 is 0.818 bits per heavy atom. The summed E-state index contributed by atoms with van der Waals surface area (Å²) in [5.41, 5.74) is 6.45. The third kappa shape index (κ3) is 6.45. The lowest BCUT2D eigenvalue weighted by atomic mass is 10.1. The Labute approximate surface area is 204 Å². The van der Waals surface area contributed by atoms with Gasteiger partial charge < -0.3 is 10.2 Å². The van der Waals surface area contributed by atoms with Gasteiger partial charge in [0.15, 0.2) is 0 Å². The molecule has 1 heterocycles. The standard InChI is InChI=1S/C30H36N2S/c1-3-5-21-32(22-6-4-2)26-18-15-24(16-19-26)11-7-8-12-25-17-20-28-30(23-25)33-29-14-10-9-13-27(29)31-28/h7,9-11,13-20,23,31H,3-6,8,12,21-22H2,1-2H3. The molecule has 4 rings (SSSR count). The second-order valence-electron chi connectivity index (χ2n) is 8.78. The van der Waals surface area contributed by atoms with Gasteiger partial charge >= 0.3 is 0 Å². The van der Waals surface area contributed by atoms with Crippen LogP contribution in [0.1, 0.15) is 57.1 Å². The molecule has 0 spiro atoms. The van der Waals surface area contributed by atoms with Crippen molar-refractivity contribution in [3.05, 3.63) is 83.9 Å². The van der Waals surface area contributed by atoms with E-state index >= 15 is 0 Å². The summed E-state index contributed by atoms with van der Waals surface area (Å²) in [6.45, 7) is 6.85. The second-order valence-corrected chi connectivity index (χ2v) is 9.86. The molecule has 3 heteroatoms. The number of unbranched alkanes of at least 4 members (excludes halogenated alkanes) is 2. The summed E-state index contributed by atoms with van der Waals surface area (Å²) in [6.07, 6.45) is 11.7. The monoisotopic (exact) mass is 456 g/mol. The van der Waals surface area contributed by atoms with E-state index in [1.54, 1.807) is 0 Å². The summed E-state index contributed by atoms with van der Waals surface area (Å²) in [5, 5.41) is 3.55. The Bertz CT molecular complexity index is 1050. The van der Waals surface area contributed by atoms with Crippen molar-refractivity contribution >= 4 is 34.9 Å². The molecule has 0 radical (unpaired) electrons. The summed E-state index contributed by atoms with van der Waals surface area (Å²) in [6, 6.07) is 24.4. The second kappa shape index (κ2) is 12.0. The Kier molecular flexibility index (Phi) is 8.54. The van der Waals surface area contributed by atoms with Gasteiger partial charge in [-0.1, -0.05) is 80.9 Å². The number of aryl methyl sites for hydroxylation is 1. The summed E-state index contributed by atoms with van der Waals surface area (Å²) in [4.78, 5) is 5.16. The van der Waals surface area contributed by atoms with E-state index in [2.05, 4.69) is 103 Å². The average molecular weight is 457 g/mol. The molecule has 0 saturated heterocycles. The van der Waals surface area contributed by atoms with Gasteiger partial charge in [0.25, 0.3) is 0 Å². The number of hydrogen-bond donors (Lipinski definition) is 1. The SMILES string of the molecule is CCCCN(CCCC)c1ccc(C=CCCc2ccc3c(c2)Sc2ccccc2N3)cc1. The highest BCUT2D eigenvalue weighted by Crippen LogP contribution is 2.44. The minimum atomic E-state index is 1.05. The number of hydrogen-bond acceptors (Lipinski definition) is 3. The molecule has 3 aromatic rings. The zero-order valence-electron chi connectivity index (χ0n) is 20.0. The van der Waals surface area contributed by atoms with Crippen molar-refractivity contribution in [3.63, 3.8) is 0 Å². The molecule has 3 aromatic carbocycles. The molecule has 0 aliphatic carbocycles. The summed E-state index contributed by atoms with van der Waals surface area (Å²) >= 11 is 1.86. The van der Waals surface area contributed by atoms with Crippen LogP contribution >= 0.6 is 11.8 Å². The van der Waals surface area contributed by atoms with E-state index in [0.29, 0.717) is 0 Å². The lowest BCUT2D eigenvalue weighted by molar-refractivity contribution is 0.678. The summed E-state index contributed by atoms with van der Waals surface area (Å²) < 4.78 is 0. The van der Waals surface area contributed by atoms with Crippen LogP contribution in [0.4, 0.5) is 17.1 Å². The van der Waals surface area contributed by atoms with Crippen LogP contribution in [0, 0.1) is 0 Å². The van der Waals surface area contributed by atoms with Crippen LogP contribution in [-0.4, -0.2) is 13.1 Å². The van der Waals surface area contributed by atoms with E-state index < -0.39 is 0 Å². The van der Waals surface area contributed by atoms with Gasteiger partial charge in [-0.05, 0) is 73.2 Å². The maximum atomic E-state index is 3.55. The zero-order valence-corrected chi connectivity index (χ0v) is 20.8. The molecule has 0 atom stereocenters. The van der Waals surface area contributed by atoms with Crippen molar-refractivity contribution < 1.29 is 0 Å². The molecule has 33 heavy (non-hydrogen) atoms. The fourth-order valence-corrected chi connectivity index (χ4v) is 5.22. The van der Waals surface area contributed by atoms with E-state index in [1.165, 1.54) is 63.7 Å². The fourth-order valence-electron chi connectivity index (χ4n) is 4.17. The molecule has 1 aliphatic heterocycles. The van der Waals surface area contributed by atoms with Crippen LogP contribution in [0.5, 0.6) is 0 Å². The van der Waals surface area contributed by atoms with Crippen LogP contribution in [0.3, 0.4) is 0 Å². The van der Waals surface area contributed by atoms with Gasteiger partial charge in [0.05, 0.1) is 11.4 Å². The predicted octanol–water partition coefficient (Wildman–Crippen LogP) is 8.95. The van der Waals surface area contributed by atoms with E-state index in [0.717, 1.165) is 25.9 Å². The number of rotatable bonds is 11. The van der Waals surface area contributed by atoms with Crippen LogP contribution in [0.25, 0.3) is 6.08 Å². The quantitative estimate of drug-likeness (QED) is 0.242. The number of nitrogens with zero attached hydrogens (tertiary/aromatic N) is 1. The van der Waals surface area contributed by atoms with Crippen LogP contribution < -0.4 is 10.2 Å². The normalized spacial score (nSPS) is 12.3. The van der Waals surface area contributed by atoms with Gasteiger partial charge in [0.2, 0.25) is 0 Å². The van der Waals surface area contributed by atoms with Crippen LogP contribution in [-0.2, 0) is 6.42 Å². The molecule has 0 aromatic heterocycles. The number of nitrogens with one attached hydrogen (secondary N) is 1. The van der Waals surface area contributed by atoms with Crippen molar-refractivity contribution in [3.8, 4) is 0 Å². The number of fused-ring (bicyclic) bond motifs is 2. The van der Waals surface area contributed by atoms with Gasteiger partial charge in [-0.3, -0.25) is 0 Å². The van der Waals surface area contributed by atoms with Crippen LogP contribution in [0.2, 0.25) is 0 Å². The molecule has 0 amide bonds. The number of allylic oxidation sites excluding steroid dienone is 1. The Hall–Kier alpha value is -2.65.